The van der Waals surface area contributed by atoms with Crippen LogP contribution in [0.4, 0.5) is 5.69 Å². The molecule has 0 unspecified atom stereocenters. The number of aryl methyl sites for hydroxylation is 1. The largest absolute Gasteiger partial charge is 0.497 e. The van der Waals surface area contributed by atoms with Crippen LogP contribution in [0.1, 0.15) is 46.0 Å². The summed E-state index contributed by atoms with van der Waals surface area (Å²) >= 11 is 0. The molecule has 0 saturated heterocycles. The zero-order chi connectivity index (χ0) is 25.2. The van der Waals surface area contributed by atoms with Crippen molar-refractivity contribution in [2.45, 2.75) is 39.4 Å². The van der Waals surface area contributed by atoms with Crippen molar-refractivity contribution in [2.24, 2.45) is 0 Å². The molecular weight excluding hydrogens is 446 g/mol. The molecule has 1 aliphatic rings. The first kappa shape index (κ1) is 24.0. The fourth-order valence-electron chi connectivity index (χ4n) is 4.29. The monoisotopic (exact) mass is 475 g/mol. The van der Waals surface area contributed by atoms with E-state index in [0.717, 1.165) is 16.9 Å². The molecule has 3 amide bonds. The van der Waals surface area contributed by atoms with Crippen molar-refractivity contribution in [1.82, 2.24) is 19.8 Å². The van der Waals surface area contributed by atoms with Gasteiger partial charge in [0.1, 0.15) is 17.0 Å². The Hall–Kier alpha value is -4.14. The molecule has 0 fully saturated rings. The molecule has 1 aromatic heterocycles. The Bertz CT molecular complexity index is 1250. The second-order valence-electron chi connectivity index (χ2n) is 8.74. The Kier molecular flexibility index (Phi) is 6.59. The second-order valence-corrected chi connectivity index (χ2v) is 8.74. The number of anilines is 1. The highest BCUT2D eigenvalue weighted by Crippen LogP contribution is 2.29. The maximum atomic E-state index is 13.5. The number of likely N-dealkylation sites (N-methyl/N-ethyl adjacent to an activating group) is 1. The number of benzene rings is 2. The molecule has 0 bridgehead atoms. The van der Waals surface area contributed by atoms with Crippen molar-refractivity contribution >= 4 is 23.4 Å². The standard InChI is InChI=1S/C26H29N5O4/c1-5-31-24(33)22-21(23(32)29-19-10-6-17(2)7-11-19)28-16-30(22)15-26(31,3)25(34)27-14-18-8-12-20(35-4)13-9-18/h6-13,16H,5,14-15H2,1-4H3,(H,27,34)(H,29,32)/t26-/m0/s1. The Morgan fingerprint density at radius 2 is 1.80 bits per heavy atom. The summed E-state index contributed by atoms with van der Waals surface area (Å²) in [6, 6.07) is 14.8. The second kappa shape index (κ2) is 9.61. The quantitative estimate of drug-likeness (QED) is 0.547. The minimum atomic E-state index is -1.14. The number of amides is 3. The van der Waals surface area contributed by atoms with Crippen LogP contribution >= 0.6 is 0 Å². The maximum Gasteiger partial charge on any atom is 0.276 e. The molecule has 3 aromatic rings. The zero-order valence-corrected chi connectivity index (χ0v) is 20.3. The number of carbonyl (C=O) groups excluding carboxylic acids is 3. The minimum Gasteiger partial charge on any atom is -0.497 e. The summed E-state index contributed by atoms with van der Waals surface area (Å²) in [4.78, 5) is 45.4. The fourth-order valence-corrected chi connectivity index (χ4v) is 4.29. The summed E-state index contributed by atoms with van der Waals surface area (Å²) in [6.45, 7) is 6.29. The predicted octanol–water partition coefficient (Wildman–Crippen LogP) is 3.00. The first-order valence-corrected chi connectivity index (χ1v) is 11.4. The van der Waals surface area contributed by atoms with E-state index in [9.17, 15) is 14.4 Å². The zero-order valence-electron chi connectivity index (χ0n) is 20.3. The lowest BCUT2D eigenvalue weighted by Crippen LogP contribution is -2.63. The molecule has 1 aliphatic heterocycles. The summed E-state index contributed by atoms with van der Waals surface area (Å²) < 4.78 is 6.76. The van der Waals surface area contributed by atoms with Crippen molar-refractivity contribution in [2.75, 3.05) is 19.0 Å². The van der Waals surface area contributed by atoms with Crippen molar-refractivity contribution in [3.63, 3.8) is 0 Å². The molecule has 0 radical (unpaired) electrons. The molecular formula is C26H29N5O4. The van der Waals surface area contributed by atoms with Crippen LogP contribution in [0.3, 0.4) is 0 Å². The van der Waals surface area contributed by atoms with Gasteiger partial charge in [-0.2, -0.15) is 0 Å². The first-order valence-electron chi connectivity index (χ1n) is 11.4. The Morgan fingerprint density at radius 3 is 2.43 bits per heavy atom. The lowest BCUT2D eigenvalue weighted by atomic mass is 9.94. The lowest BCUT2D eigenvalue weighted by Gasteiger charge is -2.43. The lowest BCUT2D eigenvalue weighted by molar-refractivity contribution is -0.132. The van der Waals surface area contributed by atoms with Gasteiger partial charge in [0.15, 0.2) is 5.69 Å². The van der Waals surface area contributed by atoms with Crippen LogP contribution in [0.5, 0.6) is 5.75 Å². The number of nitrogens with zero attached hydrogens (tertiary/aromatic N) is 3. The maximum absolute atomic E-state index is 13.5. The number of nitrogens with one attached hydrogen (secondary N) is 2. The smallest absolute Gasteiger partial charge is 0.276 e. The van der Waals surface area contributed by atoms with Crippen LogP contribution in [0.25, 0.3) is 0 Å². The normalized spacial score (nSPS) is 17.0. The number of rotatable bonds is 7. The van der Waals surface area contributed by atoms with Crippen molar-refractivity contribution in [3.05, 3.63) is 77.4 Å². The fraction of sp³-hybridized carbons (Fsp3) is 0.308. The molecule has 2 aromatic carbocycles. The summed E-state index contributed by atoms with van der Waals surface area (Å²) in [6.07, 6.45) is 1.44. The number of imidazole rings is 1. The molecule has 0 aliphatic carbocycles. The number of hydrogen-bond acceptors (Lipinski definition) is 5. The molecule has 9 nitrogen and oxygen atoms in total. The van der Waals surface area contributed by atoms with E-state index < -0.39 is 17.4 Å². The molecule has 2 N–H and O–H groups in total. The van der Waals surface area contributed by atoms with E-state index in [0.29, 0.717) is 18.8 Å². The van der Waals surface area contributed by atoms with Gasteiger partial charge in [0.05, 0.1) is 20.0 Å². The number of aromatic nitrogens is 2. The van der Waals surface area contributed by atoms with Gasteiger partial charge in [-0.1, -0.05) is 29.8 Å². The number of methoxy groups -OCH3 is 1. The average molecular weight is 476 g/mol. The van der Waals surface area contributed by atoms with E-state index in [4.69, 9.17) is 4.74 Å². The van der Waals surface area contributed by atoms with E-state index in [1.54, 1.807) is 30.7 Å². The van der Waals surface area contributed by atoms with Crippen molar-refractivity contribution in [3.8, 4) is 5.75 Å². The summed E-state index contributed by atoms with van der Waals surface area (Å²) in [7, 11) is 1.60. The number of fused-ring (bicyclic) bond motifs is 1. The Balaban J connectivity index is 1.54. The highest BCUT2D eigenvalue weighted by molar-refractivity contribution is 6.11. The van der Waals surface area contributed by atoms with Gasteiger partial charge in [-0.15, -0.1) is 0 Å². The minimum absolute atomic E-state index is 0.0368. The van der Waals surface area contributed by atoms with Gasteiger partial charge in [-0.25, -0.2) is 4.98 Å². The summed E-state index contributed by atoms with van der Waals surface area (Å²) in [5.74, 6) is -0.433. The molecule has 1 atom stereocenters. The number of ether oxygens (including phenoxy) is 1. The van der Waals surface area contributed by atoms with Crippen LogP contribution in [-0.4, -0.2) is 51.4 Å². The van der Waals surface area contributed by atoms with Crippen molar-refractivity contribution < 1.29 is 19.1 Å². The van der Waals surface area contributed by atoms with Gasteiger partial charge in [0.25, 0.3) is 11.8 Å². The van der Waals surface area contributed by atoms with E-state index in [-0.39, 0.29) is 23.8 Å². The van der Waals surface area contributed by atoms with E-state index in [1.165, 1.54) is 11.2 Å². The third-order valence-corrected chi connectivity index (χ3v) is 6.30. The van der Waals surface area contributed by atoms with Gasteiger partial charge in [-0.05, 0) is 50.6 Å². The predicted molar refractivity (Wildman–Crippen MR) is 131 cm³/mol. The van der Waals surface area contributed by atoms with Gasteiger partial charge in [0, 0.05) is 18.8 Å². The third kappa shape index (κ3) is 4.62. The molecule has 182 valence electrons. The first-order chi connectivity index (χ1) is 16.8. The van der Waals surface area contributed by atoms with Crippen LogP contribution in [-0.2, 0) is 17.9 Å². The Labute approximate surface area is 204 Å². The average Bonchev–Trinajstić information content (AvgIpc) is 3.28. The van der Waals surface area contributed by atoms with Crippen LogP contribution in [0.15, 0.2) is 54.9 Å². The topological polar surface area (TPSA) is 106 Å². The van der Waals surface area contributed by atoms with E-state index in [1.807, 2.05) is 50.2 Å². The highest BCUT2D eigenvalue weighted by atomic mass is 16.5. The van der Waals surface area contributed by atoms with E-state index in [2.05, 4.69) is 15.6 Å². The van der Waals surface area contributed by atoms with Crippen molar-refractivity contribution in [1.29, 1.82) is 0 Å². The Morgan fingerprint density at radius 1 is 1.11 bits per heavy atom. The number of carbonyl (C=O) groups is 3. The van der Waals surface area contributed by atoms with Gasteiger partial charge >= 0.3 is 0 Å². The van der Waals surface area contributed by atoms with Crippen LogP contribution < -0.4 is 15.4 Å². The van der Waals surface area contributed by atoms with Crippen LogP contribution in [0, 0.1) is 6.92 Å². The van der Waals surface area contributed by atoms with Gasteiger partial charge in [0.2, 0.25) is 5.91 Å². The van der Waals surface area contributed by atoms with Gasteiger partial charge in [-0.3, -0.25) is 14.4 Å². The molecule has 9 heteroatoms. The molecule has 35 heavy (non-hydrogen) atoms. The summed E-state index contributed by atoms with van der Waals surface area (Å²) in [5, 5.41) is 5.73. The highest BCUT2D eigenvalue weighted by Gasteiger charge is 2.48. The van der Waals surface area contributed by atoms with Crippen LogP contribution in [0.2, 0.25) is 0 Å². The van der Waals surface area contributed by atoms with Gasteiger partial charge < -0.3 is 24.8 Å². The van der Waals surface area contributed by atoms with E-state index >= 15 is 0 Å². The molecule has 0 saturated carbocycles. The summed E-state index contributed by atoms with van der Waals surface area (Å²) in [5.41, 5.74) is 1.66. The molecule has 4 rings (SSSR count). The number of hydrogen-bond donors (Lipinski definition) is 2. The molecule has 2 heterocycles. The molecule has 0 spiro atoms. The SMILES string of the molecule is CCN1C(=O)c2c(C(=O)Nc3ccc(C)cc3)ncn2C[C@@]1(C)C(=O)NCc1ccc(OC)cc1. The third-order valence-electron chi connectivity index (χ3n) is 6.30.